The first kappa shape index (κ1) is 24.6. The summed E-state index contributed by atoms with van der Waals surface area (Å²) in [6.07, 6.45) is 0.367. The summed E-state index contributed by atoms with van der Waals surface area (Å²) in [6, 6.07) is 12.4. The van der Waals surface area contributed by atoms with E-state index < -0.39 is 6.61 Å². The minimum atomic E-state index is -2.94. The fourth-order valence-electron chi connectivity index (χ4n) is 3.32. The van der Waals surface area contributed by atoms with Crippen molar-refractivity contribution in [1.29, 1.82) is 0 Å². The van der Waals surface area contributed by atoms with Crippen LogP contribution >= 0.6 is 24.0 Å². The lowest BCUT2D eigenvalue weighted by molar-refractivity contribution is -0.116. The first-order chi connectivity index (χ1) is 14.5. The van der Waals surface area contributed by atoms with Crippen LogP contribution in [0.2, 0.25) is 0 Å². The van der Waals surface area contributed by atoms with Gasteiger partial charge in [0.05, 0.1) is 7.11 Å². The van der Waals surface area contributed by atoms with E-state index in [1.807, 2.05) is 24.3 Å². The number of rotatable bonds is 7. The smallest absolute Gasteiger partial charge is 0.387 e. The van der Waals surface area contributed by atoms with Crippen LogP contribution < -0.4 is 25.4 Å². The number of carbonyl (C=O) groups is 1. The van der Waals surface area contributed by atoms with Crippen molar-refractivity contribution in [2.24, 2.45) is 4.99 Å². The SMILES string of the molecule is CN=C(NCc1ccc(OC)cc1OC(F)F)NCC1CC(=O)Nc2ccccc21.I. The summed E-state index contributed by atoms with van der Waals surface area (Å²) < 4.78 is 35.1. The van der Waals surface area contributed by atoms with Gasteiger partial charge >= 0.3 is 6.61 Å². The Morgan fingerprint density at radius 2 is 2.03 bits per heavy atom. The second kappa shape index (κ2) is 11.7. The minimum Gasteiger partial charge on any atom is -0.497 e. The van der Waals surface area contributed by atoms with Gasteiger partial charge in [-0.1, -0.05) is 18.2 Å². The molecule has 1 unspecified atom stereocenters. The third kappa shape index (κ3) is 6.68. The number of fused-ring (bicyclic) bond motifs is 1. The molecule has 0 saturated carbocycles. The molecule has 10 heteroatoms. The topological polar surface area (TPSA) is 84.0 Å². The van der Waals surface area contributed by atoms with E-state index in [2.05, 4.69) is 25.7 Å². The number of benzene rings is 2. The number of para-hydroxylation sites is 1. The number of methoxy groups -OCH3 is 1. The van der Waals surface area contributed by atoms with Crippen molar-refractivity contribution in [1.82, 2.24) is 10.6 Å². The highest BCUT2D eigenvalue weighted by Crippen LogP contribution is 2.31. The van der Waals surface area contributed by atoms with Gasteiger partial charge in [-0.15, -0.1) is 24.0 Å². The number of nitrogens with one attached hydrogen (secondary N) is 3. The highest BCUT2D eigenvalue weighted by atomic mass is 127. The molecule has 0 fully saturated rings. The van der Waals surface area contributed by atoms with Gasteiger partial charge in [0.2, 0.25) is 5.91 Å². The van der Waals surface area contributed by atoms with Crippen LogP contribution in [0.3, 0.4) is 0 Å². The zero-order valence-corrected chi connectivity index (χ0v) is 19.5. The van der Waals surface area contributed by atoms with Crippen molar-refractivity contribution in [2.75, 3.05) is 26.0 Å². The molecular formula is C21H25F2IN4O3. The molecule has 1 aliphatic rings. The Kier molecular flexibility index (Phi) is 9.28. The molecule has 0 radical (unpaired) electrons. The standard InChI is InChI=1S/C21H24F2N4O3.HI/c1-24-21(25-11-13-7-8-15(29-2)10-18(13)30-20(22)23)26-12-14-9-19(28)27-17-6-4-3-5-16(14)17;/h3-8,10,14,20H,9,11-12H2,1-2H3,(H,27,28)(H2,24,25,26);1H. The second-order valence-electron chi connectivity index (χ2n) is 6.70. The van der Waals surface area contributed by atoms with Gasteiger partial charge in [-0.2, -0.15) is 8.78 Å². The molecule has 1 amide bonds. The number of amides is 1. The van der Waals surface area contributed by atoms with E-state index in [0.717, 1.165) is 11.3 Å². The number of guanidine groups is 1. The van der Waals surface area contributed by atoms with E-state index in [9.17, 15) is 13.6 Å². The van der Waals surface area contributed by atoms with Crippen LogP contribution in [0.25, 0.3) is 0 Å². The van der Waals surface area contributed by atoms with Gasteiger partial charge in [0, 0.05) is 49.8 Å². The quantitative estimate of drug-likeness (QED) is 0.280. The lowest BCUT2D eigenvalue weighted by Gasteiger charge is -2.26. The summed E-state index contributed by atoms with van der Waals surface area (Å²) in [5.74, 6) is 0.899. The Hall–Kier alpha value is -2.63. The van der Waals surface area contributed by atoms with E-state index in [4.69, 9.17) is 4.74 Å². The van der Waals surface area contributed by atoms with Gasteiger partial charge in [-0.05, 0) is 23.8 Å². The minimum absolute atomic E-state index is 0. The monoisotopic (exact) mass is 546 g/mol. The van der Waals surface area contributed by atoms with Crippen molar-refractivity contribution in [2.45, 2.75) is 25.5 Å². The third-order valence-corrected chi connectivity index (χ3v) is 4.78. The number of ether oxygens (including phenoxy) is 2. The number of aliphatic imine (C=N–C) groups is 1. The maximum atomic E-state index is 12.7. The third-order valence-electron chi connectivity index (χ3n) is 4.78. The maximum Gasteiger partial charge on any atom is 0.387 e. The predicted molar refractivity (Wildman–Crippen MR) is 126 cm³/mol. The summed E-state index contributed by atoms with van der Waals surface area (Å²) in [4.78, 5) is 16.1. The fourth-order valence-corrected chi connectivity index (χ4v) is 3.32. The lowest BCUT2D eigenvalue weighted by Crippen LogP contribution is -2.40. The highest BCUT2D eigenvalue weighted by Gasteiger charge is 2.24. The predicted octanol–water partition coefficient (Wildman–Crippen LogP) is 3.71. The van der Waals surface area contributed by atoms with Crippen molar-refractivity contribution >= 4 is 41.5 Å². The van der Waals surface area contributed by atoms with Gasteiger partial charge in [0.25, 0.3) is 0 Å². The molecule has 0 aliphatic carbocycles. The van der Waals surface area contributed by atoms with Crippen LogP contribution in [-0.4, -0.2) is 39.2 Å². The molecule has 1 aliphatic heterocycles. The summed E-state index contributed by atoms with van der Waals surface area (Å²) >= 11 is 0. The number of halogens is 3. The van der Waals surface area contributed by atoms with E-state index >= 15 is 0 Å². The molecule has 168 valence electrons. The Labute approximate surface area is 196 Å². The molecule has 7 nitrogen and oxygen atoms in total. The number of hydrogen-bond donors (Lipinski definition) is 3. The number of nitrogens with zero attached hydrogens (tertiary/aromatic N) is 1. The Bertz CT molecular complexity index is 927. The van der Waals surface area contributed by atoms with E-state index in [-0.39, 0.29) is 48.1 Å². The van der Waals surface area contributed by atoms with Gasteiger partial charge in [0.15, 0.2) is 5.96 Å². The molecule has 31 heavy (non-hydrogen) atoms. The number of anilines is 1. The second-order valence-corrected chi connectivity index (χ2v) is 6.70. The van der Waals surface area contributed by atoms with Crippen molar-refractivity contribution < 1.29 is 23.0 Å². The molecule has 0 saturated heterocycles. The van der Waals surface area contributed by atoms with E-state index in [0.29, 0.717) is 30.2 Å². The number of carbonyl (C=O) groups excluding carboxylic acids is 1. The Balaban J connectivity index is 0.00000341. The molecule has 1 atom stereocenters. The normalized spacial score (nSPS) is 15.5. The zero-order valence-electron chi connectivity index (χ0n) is 17.2. The molecule has 3 rings (SSSR count). The van der Waals surface area contributed by atoms with Gasteiger partial charge in [-0.3, -0.25) is 9.79 Å². The molecule has 3 N–H and O–H groups in total. The summed E-state index contributed by atoms with van der Waals surface area (Å²) in [5, 5.41) is 9.15. The first-order valence-corrected chi connectivity index (χ1v) is 9.45. The van der Waals surface area contributed by atoms with E-state index in [1.54, 1.807) is 19.2 Å². The summed E-state index contributed by atoms with van der Waals surface area (Å²) in [5.41, 5.74) is 2.40. The first-order valence-electron chi connectivity index (χ1n) is 9.45. The van der Waals surface area contributed by atoms with Crippen molar-refractivity contribution in [3.63, 3.8) is 0 Å². The van der Waals surface area contributed by atoms with Crippen molar-refractivity contribution in [3.05, 3.63) is 53.6 Å². The molecule has 0 spiro atoms. The van der Waals surface area contributed by atoms with Crippen LogP contribution in [-0.2, 0) is 11.3 Å². The van der Waals surface area contributed by atoms with Gasteiger partial charge < -0.3 is 25.4 Å². The lowest BCUT2D eigenvalue weighted by atomic mass is 9.90. The van der Waals surface area contributed by atoms with Crippen LogP contribution in [0.5, 0.6) is 11.5 Å². The maximum absolute atomic E-state index is 12.7. The summed E-state index contributed by atoms with van der Waals surface area (Å²) in [7, 11) is 3.07. The zero-order chi connectivity index (χ0) is 21.5. The fraction of sp³-hybridized carbons (Fsp3) is 0.333. The number of hydrogen-bond acceptors (Lipinski definition) is 4. The Morgan fingerprint density at radius 1 is 1.26 bits per heavy atom. The van der Waals surface area contributed by atoms with Gasteiger partial charge in [0.1, 0.15) is 11.5 Å². The molecule has 2 aromatic carbocycles. The highest BCUT2D eigenvalue weighted by molar-refractivity contribution is 14.0. The largest absolute Gasteiger partial charge is 0.497 e. The molecule has 0 bridgehead atoms. The van der Waals surface area contributed by atoms with Crippen LogP contribution in [0, 0.1) is 0 Å². The average Bonchev–Trinajstić information content (AvgIpc) is 2.73. The van der Waals surface area contributed by atoms with E-state index in [1.165, 1.54) is 13.2 Å². The molecular weight excluding hydrogens is 521 g/mol. The van der Waals surface area contributed by atoms with Crippen LogP contribution in [0.4, 0.5) is 14.5 Å². The Morgan fingerprint density at radius 3 is 2.74 bits per heavy atom. The van der Waals surface area contributed by atoms with Gasteiger partial charge in [-0.25, -0.2) is 0 Å². The van der Waals surface area contributed by atoms with Crippen LogP contribution in [0.1, 0.15) is 23.5 Å². The average molecular weight is 546 g/mol. The molecule has 0 aromatic heterocycles. The molecule has 1 heterocycles. The summed E-state index contributed by atoms with van der Waals surface area (Å²) in [6.45, 7) is -2.23. The van der Waals surface area contributed by atoms with Crippen molar-refractivity contribution in [3.8, 4) is 11.5 Å². The van der Waals surface area contributed by atoms with Crippen LogP contribution in [0.15, 0.2) is 47.5 Å². The number of alkyl halides is 2. The molecule has 2 aromatic rings.